The van der Waals surface area contributed by atoms with Gasteiger partial charge in [0, 0.05) is 24.7 Å². The maximum atomic E-state index is 3.47. The Kier molecular flexibility index (Phi) is 8.89. The summed E-state index contributed by atoms with van der Waals surface area (Å²) < 4.78 is 0. The predicted octanol–water partition coefficient (Wildman–Crippen LogP) is 3.52. The van der Waals surface area contributed by atoms with E-state index in [9.17, 15) is 0 Å². The Hall–Kier alpha value is -0.0800. The van der Waals surface area contributed by atoms with Gasteiger partial charge in [-0.1, -0.05) is 34.6 Å². The zero-order valence-electron chi connectivity index (χ0n) is 13.1. The first kappa shape index (κ1) is 16.9. The van der Waals surface area contributed by atoms with Gasteiger partial charge in [0.1, 0.15) is 0 Å². The molecule has 0 amide bonds. The molecule has 0 radical (unpaired) electrons. The first-order valence-electron chi connectivity index (χ1n) is 7.44. The number of hydrogen-bond donors (Lipinski definition) is 1. The summed E-state index contributed by atoms with van der Waals surface area (Å²) >= 11 is 0. The summed E-state index contributed by atoms with van der Waals surface area (Å²) in [6, 6.07) is 1.96. The molecule has 0 fully saturated rings. The highest BCUT2D eigenvalue weighted by Crippen LogP contribution is 2.18. The Morgan fingerprint density at radius 3 is 1.76 bits per heavy atom. The van der Waals surface area contributed by atoms with Gasteiger partial charge in [-0.25, -0.2) is 0 Å². The fourth-order valence-corrected chi connectivity index (χ4v) is 2.84. The molecule has 104 valence electrons. The van der Waals surface area contributed by atoms with Crippen LogP contribution in [0.4, 0.5) is 0 Å². The van der Waals surface area contributed by atoms with Crippen molar-refractivity contribution < 1.29 is 0 Å². The van der Waals surface area contributed by atoms with Crippen molar-refractivity contribution in [3.8, 4) is 0 Å². The van der Waals surface area contributed by atoms with Crippen LogP contribution in [0.2, 0.25) is 0 Å². The van der Waals surface area contributed by atoms with Crippen molar-refractivity contribution in [2.75, 3.05) is 13.6 Å². The molecule has 0 aliphatic carbocycles. The lowest BCUT2D eigenvalue weighted by Crippen LogP contribution is -2.52. The summed E-state index contributed by atoms with van der Waals surface area (Å²) in [7, 11) is 2.09. The molecule has 1 N–H and O–H groups in total. The Morgan fingerprint density at radius 1 is 0.941 bits per heavy atom. The van der Waals surface area contributed by atoms with Crippen molar-refractivity contribution in [1.82, 2.24) is 10.2 Å². The molecule has 0 heterocycles. The fourth-order valence-electron chi connectivity index (χ4n) is 2.84. The van der Waals surface area contributed by atoms with Crippen LogP contribution in [0.5, 0.6) is 0 Å². The molecule has 0 rings (SSSR count). The molecule has 0 aromatic heterocycles. The van der Waals surface area contributed by atoms with Crippen molar-refractivity contribution in [1.29, 1.82) is 0 Å². The maximum absolute atomic E-state index is 3.47. The Morgan fingerprint density at radius 2 is 1.47 bits per heavy atom. The van der Waals surface area contributed by atoms with Crippen molar-refractivity contribution in [3.05, 3.63) is 0 Å². The highest BCUT2D eigenvalue weighted by molar-refractivity contribution is 4.83. The molecular formula is C15H34N2. The van der Waals surface area contributed by atoms with Gasteiger partial charge in [0.25, 0.3) is 0 Å². The first-order valence-corrected chi connectivity index (χ1v) is 7.44. The standard InChI is InChI=1S/C15H34N2/c1-8-14(9-2)17(11-12(4)5)13(6)15(10-3)16-7/h12-16H,8-11H2,1-7H3. The summed E-state index contributed by atoms with van der Waals surface area (Å²) in [5.74, 6) is 0.743. The van der Waals surface area contributed by atoms with Crippen molar-refractivity contribution >= 4 is 0 Å². The average molecular weight is 242 g/mol. The second kappa shape index (κ2) is 8.93. The van der Waals surface area contributed by atoms with E-state index < -0.39 is 0 Å². The maximum Gasteiger partial charge on any atom is 0.0223 e. The monoisotopic (exact) mass is 242 g/mol. The van der Waals surface area contributed by atoms with Crippen LogP contribution in [0.3, 0.4) is 0 Å². The summed E-state index contributed by atoms with van der Waals surface area (Å²) in [5, 5.41) is 3.47. The van der Waals surface area contributed by atoms with E-state index in [2.05, 4.69) is 58.8 Å². The summed E-state index contributed by atoms with van der Waals surface area (Å²) in [4.78, 5) is 2.72. The molecule has 0 saturated carbocycles. The van der Waals surface area contributed by atoms with Crippen molar-refractivity contribution in [2.45, 2.75) is 78.9 Å². The molecule has 0 saturated heterocycles. The molecule has 0 spiro atoms. The lowest BCUT2D eigenvalue weighted by molar-refractivity contribution is 0.0944. The number of nitrogens with one attached hydrogen (secondary N) is 1. The molecule has 2 atom stereocenters. The van der Waals surface area contributed by atoms with Crippen molar-refractivity contribution in [2.24, 2.45) is 5.92 Å². The van der Waals surface area contributed by atoms with Crippen molar-refractivity contribution in [3.63, 3.8) is 0 Å². The fraction of sp³-hybridized carbons (Fsp3) is 1.00. The van der Waals surface area contributed by atoms with E-state index in [1.807, 2.05) is 0 Å². The van der Waals surface area contributed by atoms with Gasteiger partial charge in [-0.3, -0.25) is 4.90 Å². The van der Waals surface area contributed by atoms with Crippen LogP contribution < -0.4 is 5.32 Å². The number of rotatable bonds is 9. The second-order valence-corrected chi connectivity index (χ2v) is 5.60. The lowest BCUT2D eigenvalue weighted by Gasteiger charge is -2.40. The minimum Gasteiger partial charge on any atom is -0.315 e. The van der Waals surface area contributed by atoms with E-state index in [4.69, 9.17) is 0 Å². The zero-order valence-corrected chi connectivity index (χ0v) is 13.1. The third-order valence-electron chi connectivity index (χ3n) is 3.90. The van der Waals surface area contributed by atoms with Gasteiger partial charge in [0.2, 0.25) is 0 Å². The van der Waals surface area contributed by atoms with E-state index in [0.717, 1.165) is 12.0 Å². The summed E-state index contributed by atoms with van der Waals surface area (Å²) in [6.07, 6.45) is 3.72. The van der Waals surface area contributed by atoms with E-state index in [1.165, 1.54) is 25.8 Å². The van der Waals surface area contributed by atoms with Crippen LogP contribution in [0.15, 0.2) is 0 Å². The molecule has 0 aromatic carbocycles. The minimum absolute atomic E-state index is 0.606. The minimum atomic E-state index is 0.606. The molecule has 0 aromatic rings. The quantitative estimate of drug-likeness (QED) is 0.665. The van der Waals surface area contributed by atoms with Gasteiger partial charge in [0.15, 0.2) is 0 Å². The molecule has 0 aliphatic heterocycles. The molecule has 2 unspecified atom stereocenters. The highest BCUT2D eigenvalue weighted by atomic mass is 15.2. The van der Waals surface area contributed by atoms with Gasteiger partial charge in [0.05, 0.1) is 0 Å². The summed E-state index contributed by atoms with van der Waals surface area (Å²) in [5.41, 5.74) is 0. The van der Waals surface area contributed by atoms with Gasteiger partial charge in [-0.05, 0) is 39.2 Å². The van der Waals surface area contributed by atoms with Gasteiger partial charge < -0.3 is 5.32 Å². The van der Waals surface area contributed by atoms with Crippen LogP contribution in [-0.4, -0.2) is 36.6 Å². The lowest BCUT2D eigenvalue weighted by atomic mass is 9.99. The van der Waals surface area contributed by atoms with Crippen LogP contribution in [0, 0.1) is 5.92 Å². The predicted molar refractivity (Wildman–Crippen MR) is 78.5 cm³/mol. The Balaban J connectivity index is 4.75. The van der Waals surface area contributed by atoms with Gasteiger partial charge >= 0.3 is 0 Å². The molecule has 17 heavy (non-hydrogen) atoms. The highest BCUT2D eigenvalue weighted by Gasteiger charge is 2.26. The van der Waals surface area contributed by atoms with E-state index >= 15 is 0 Å². The first-order chi connectivity index (χ1) is 8.01. The Bertz CT molecular complexity index is 172. The second-order valence-electron chi connectivity index (χ2n) is 5.60. The van der Waals surface area contributed by atoms with Crippen LogP contribution in [-0.2, 0) is 0 Å². The molecular weight excluding hydrogens is 208 g/mol. The zero-order chi connectivity index (χ0) is 13.4. The number of hydrogen-bond acceptors (Lipinski definition) is 2. The average Bonchev–Trinajstić information content (AvgIpc) is 2.30. The normalized spacial score (nSPS) is 15.9. The largest absolute Gasteiger partial charge is 0.315 e. The Labute approximate surface area is 109 Å². The van der Waals surface area contributed by atoms with E-state index in [0.29, 0.717) is 12.1 Å². The molecule has 2 heteroatoms. The van der Waals surface area contributed by atoms with Crippen LogP contribution >= 0.6 is 0 Å². The van der Waals surface area contributed by atoms with E-state index in [-0.39, 0.29) is 0 Å². The van der Waals surface area contributed by atoms with E-state index in [1.54, 1.807) is 0 Å². The van der Waals surface area contributed by atoms with Crippen LogP contribution in [0.25, 0.3) is 0 Å². The number of nitrogens with zero attached hydrogens (tertiary/aromatic N) is 1. The summed E-state index contributed by atoms with van der Waals surface area (Å²) in [6.45, 7) is 15.1. The third kappa shape index (κ3) is 5.39. The molecule has 0 bridgehead atoms. The smallest absolute Gasteiger partial charge is 0.0223 e. The SMILES string of the molecule is CCC(NC)C(C)N(CC(C)C)C(CC)CC. The third-order valence-corrected chi connectivity index (χ3v) is 3.90. The topological polar surface area (TPSA) is 15.3 Å². The van der Waals surface area contributed by atoms with Gasteiger partial charge in [-0.15, -0.1) is 0 Å². The molecule has 2 nitrogen and oxygen atoms in total. The number of likely N-dealkylation sites (N-methyl/N-ethyl adjacent to an activating group) is 1. The van der Waals surface area contributed by atoms with Crippen LogP contribution in [0.1, 0.15) is 60.8 Å². The van der Waals surface area contributed by atoms with Gasteiger partial charge in [-0.2, -0.15) is 0 Å². The molecule has 0 aliphatic rings.